The third-order valence-electron chi connectivity index (χ3n) is 2.53. The minimum atomic E-state index is -0.347. The number of nitrogens with two attached hydrogens (primary N) is 1. The van der Waals surface area contributed by atoms with E-state index in [2.05, 4.69) is 31.1 Å². The van der Waals surface area contributed by atoms with Crippen LogP contribution in [0, 0.1) is 0 Å². The Hall–Kier alpha value is -1.34. The third kappa shape index (κ3) is 3.36. The molecule has 1 aromatic heterocycles. The van der Waals surface area contributed by atoms with E-state index in [1.165, 1.54) is 11.8 Å². The summed E-state index contributed by atoms with van der Waals surface area (Å²) < 4.78 is 0.935. The lowest BCUT2D eigenvalue weighted by Crippen LogP contribution is -2.24. The molecule has 0 saturated heterocycles. The van der Waals surface area contributed by atoms with Crippen LogP contribution in [0.3, 0.4) is 0 Å². The Morgan fingerprint density at radius 1 is 1.53 bits per heavy atom. The average Bonchev–Trinajstić information content (AvgIpc) is 2.84. The van der Waals surface area contributed by atoms with E-state index in [-0.39, 0.29) is 11.2 Å². The molecule has 0 fully saturated rings. The number of nitrogens with one attached hydrogen (secondary N) is 1. The number of aromatic amines is 1. The first-order chi connectivity index (χ1) is 9.11. The van der Waals surface area contributed by atoms with E-state index in [4.69, 9.17) is 5.73 Å². The molecule has 7 heteroatoms. The van der Waals surface area contributed by atoms with Crippen molar-refractivity contribution in [1.82, 2.24) is 15.2 Å². The summed E-state index contributed by atoms with van der Waals surface area (Å²) in [4.78, 5) is 15.6. The zero-order valence-electron chi connectivity index (χ0n) is 10.3. The molecule has 19 heavy (non-hydrogen) atoms. The van der Waals surface area contributed by atoms with Gasteiger partial charge in [0, 0.05) is 10.0 Å². The fraction of sp³-hybridized carbons (Fsp3) is 0.250. The van der Waals surface area contributed by atoms with Crippen molar-refractivity contribution >= 4 is 33.6 Å². The number of halogens is 1. The minimum absolute atomic E-state index is 0.303. The fourth-order valence-corrected chi connectivity index (χ4v) is 2.79. The second kappa shape index (κ2) is 6.21. The number of benzene rings is 1. The number of carbonyl (C=O) groups excluding carboxylic acids is 1. The molecule has 0 spiro atoms. The minimum Gasteiger partial charge on any atom is -0.369 e. The Balaban J connectivity index is 2.20. The lowest BCUT2D eigenvalue weighted by Gasteiger charge is -2.06. The number of carbonyl (C=O) groups is 1. The summed E-state index contributed by atoms with van der Waals surface area (Å²) in [5.41, 5.74) is 6.23. The van der Waals surface area contributed by atoms with Crippen molar-refractivity contribution in [2.75, 3.05) is 0 Å². The Bertz CT molecular complexity index is 587. The van der Waals surface area contributed by atoms with Gasteiger partial charge in [-0.25, -0.2) is 4.98 Å². The largest absolute Gasteiger partial charge is 0.369 e. The molecular weight excluding hydrogens is 328 g/mol. The first-order valence-corrected chi connectivity index (χ1v) is 7.42. The summed E-state index contributed by atoms with van der Waals surface area (Å²) >= 11 is 4.74. The van der Waals surface area contributed by atoms with Crippen LogP contribution in [0.1, 0.15) is 13.3 Å². The van der Waals surface area contributed by atoms with Gasteiger partial charge in [-0.15, -0.1) is 5.10 Å². The molecule has 100 valence electrons. The highest BCUT2D eigenvalue weighted by atomic mass is 79.9. The molecule has 2 rings (SSSR count). The summed E-state index contributed by atoms with van der Waals surface area (Å²) in [6, 6.07) is 7.72. The van der Waals surface area contributed by atoms with Gasteiger partial charge in [-0.2, -0.15) is 0 Å². The third-order valence-corrected chi connectivity index (χ3v) is 4.46. The van der Waals surface area contributed by atoms with Crippen molar-refractivity contribution in [3.8, 4) is 11.4 Å². The molecule has 0 saturated carbocycles. The molecule has 1 amide bonds. The molecule has 0 bridgehead atoms. The van der Waals surface area contributed by atoms with Crippen LogP contribution in [0.5, 0.6) is 0 Å². The molecule has 0 radical (unpaired) electrons. The topological polar surface area (TPSA) is 84.7 Å². The molecule has 2 aromatic rings. The van der Waals surface area contributed by atoms with Gasteiger partial charge in [-0.1, -0.05) is 52.8 Å². The number of H-pyrrole nitrogens is 1. The average molecular weight is 341 g/mol. The van der Waals surface area contributed by atoms with E-state index in [0.717, 1.165) is 10.0 Å². The van der Waals surface area contributed by atoms with Crippen molar-refractivity contribution in [1.29, 1.82) is 0 Å². The van der Waals surface area contributed by atoms with E-state index in [9.17, 15) is 4.79 Å². The summed E-state index contributed by atoms with van der Waals surface area (Å²) in [6.07, 6.45) is 0.652. The van der Waals surface area contributed by atoms with Crippen LogP contribution >= 0.6 is 27.7 Å². The van der Waals surface area contributed by atoms with E-state index in [1.807, 2.05) is 31.2 Å². The SMILES string of the molecule is CCC(Sc1n[nH]c(-c2ccccc2Br)n1)C(N)=O. The summed E-state index contributed by atoms with van der Waals surface area (Å²) in [6.45, 7) is 1.91. The molecular formula is C12H13BrN4OS. The second-order valence-electron chi connectivity index (χ2n) is 3.86. The number of primary amides is 1. The molecule has 3 N–H and O–H groups in total. The van der Waals surface area contributed by atoms with E-state index >= 15 is 0 Å². The zero-order chi connectivity index (χ0) is 13.8. The quantitative estimate of drug-likeness (QED) is 0.819. The number of thioether (sulfide) groups is 1. The van der Waals surface area contributed by atoms with Crippen LogP contribution in [0.15, 0.2) is 33.9 Å². The van der Waals surface area contributed by atoms with Gasteiger partial charge in [-0.3, -0.25) is 9.89 Å². The number of nitrogens with zero attached hydrogens (tertiary/aromatic N) is 2. The summed E-state index contributed by atoms with van der Waals surface area (Å²) in [7, 11) is 0. The summed E-state index contributed by atoms with van der Waals surface area (Å²) in [5, 5.41) is 7.19. The molecule has 1 unspecified atom stereocenters. The molecule has 1 atom stereocenters. The first-order valence-electron chi connectivity index (χ1n) is 5.75. The lowest BCUT2D eigenvalue weighted by atomic mass is 10.2. The van der Waals surface area contributed by atoms with Crippen LogP contribution in [0.4, 0.5) is 0 Å². The second-order valence-corrected chi connectivity index (χ2v) is 5.89. The van der Waals surface area contributed by atoms with Gasteiger partial charge in [0.25, 0.3) is 0 Å². The number of rotatable bonds is 5. The van der Waals surface area contributed by atoms with Gasteiger partial charge in [0.05, 0.1) is 5.25 Å². The van der Waals surface area contributed by atoms with Crippen molar-refractivity contribution in [2.24, 2.45) is 5.73 Å². The normalized spacial score (nSPS) is 12.3. The fourth-order valence-electron chi connectivity index (χ4n) is 1.54. The van der Waals surface area contributed by atoms with Crippen molar-refractivity contribution < 1.29 is 4.79 Å². The van der Waals surface area contributed by atoms with Gasteiger partial charge in [0.15, 0.2) is 5.82 Å². The molecule has 0 aliphatic rings. The maximum Gasteiger partial charge on any atom is 0.231 e. The standard InChI is InChI=1S/C12H13BrN4OS/c1-2-9(10(14)18)19-12-15-11(16-17-12)7-5-3-4-6-8(7)13/h3-6,9H,2H2,1H3,(H2,14,18)(H,15,16,17). The maximum atomic E-state index is 11.2. The highest BCUT2D eigenvalue weighted by Gasteiger charge is 2.18. The van der Waals surface area contributed by atoms with Crippen molar-refractivity contribution in [2.45, 2.75) is 23.8 Å². The Labute approximate surface area is 123 Å². The molecule has 5 nitrogen and oxygen atoms in total. The summed E-state index contributed by atoms with van der Waals surface area (Å²) in [5.74, 6) is 0.314. The smallest absolute Gasteiger partial charge is 0.231 e. The highest BCUT2D eigenvalue weighted by molar-refractivity contribution is 9.10. The predicted octanol–water partition coefficient (Wildman–Crippen LogP) is 2.59. The maximum absolute atomic E-state index is 11.2. The lowest BCUT2D eigenvalue weighted by molar-refractivity contribution is -0.117. The van der Waals surface area contributed by atoms with Gasteiger partial charge >= 0.3 is 0 Å². The van der Waals surface area contributed by atoms with E-state index in [1.54, 1.807) is 0 Å². The number of hydrogen-bond acceptors (Lipinski definition) is 4. The van der Waals surface area contributed by atoms with Crippen LogP contribution in [-0.4, -0.2) is 26.3 Å². The highest BCUT2D eigenvalue weighted by Crippen LogP contribution is 2.28. The van der Waals surface area contributed by atoms with Crippen LogP contribution in [-0.2, 0) is 4.79 Å². The van der Waals surface area contributed by atoms with Gasteiger partial charge in [0.2, 0.25) is 11.1 Å². The van der Waals surface area contributed by atoms with Gasteiger partial charge < -0.3 is 5.73 Å². The number of aromatic nitrogens is 3. The number of amides is 1. The Morgan fingerprint density at radius 2 is 2.26 bits per heavy atom. The first kappa shape index (κ1) is 14.1. The molecule has 1 heterocycles. The Kier molecular flexibility index (Phi) is 4.60. The monoisotopic (exact) mass is 340 g/mol. The van der Waals surface area contributed by atoms with Gasteiger partial charge in [0.1, 0.15) is 0 Å². The van der Waals surface area contributed by atoms with E-state index < -0.39 is 0 Å². The van der Waals surface area contributed by atoms with Crippen molar-refractivity contribution in [3.05, 3.63) is 28.7 Å². The Morgan fingerprint density at radius 3 is 2.89 bits per heavy atom. The molecule has 1 aromatic carbocycles. The van der Waals surface area contributed by atoms with Crippen LogP contribution in [0.2, 0.25) is 0 Å². The molecule has 0 aliphatic carbocycles. The zero-order valence-corrected chi connectivity index (χ0v) is 12.7. The van der Waals surface area contributed by atoms with E-state index in [0.29, 0.717) is 17.4 Å². The number of hydrogen-bond donors (Lipinski definition) is 2. The van der Waals surface area contributed by atoms with Gasteiger partial charge in [-0.05, 0) is 12.5 Å². The van der Waals surface area contributed by atoms with Crippen molar-refractivity contribution in [3.63, 3.8) is 0 Å². The van der Waals surface area contributed by atoms with Crippen LogP contribution < -0.4 is 5.73 Å². The molecule has 0 aliphatic heterocycles. The predicted molar refractivity (Wildman–Crippen MR) is 78.6 cm³/mol. The van der Waals surface area contributed by atoms with Crippen LogP contribution in [0.25, 0.3) is 11.4 Å².